The Morgan fingerprint density at radius 2 is 1.96 bits per heavy atom. The first-order valence-corrected chi connectivity index (χ1v) is 8.71. The first-order valence-electron chi connectivity index (χ1n) is 7.02. The first kappa shape index (κ1) is 17.9. The number of rotatable bonds is 5. The molecule has 0 aromatic carbocycles. The van der Waals surface area contributed by atoms with Crippen molar-refractivity contribution in [1.29, 1.82) is 0 Å². The molecule has 0 radical (unpaired) electrons. The van der Waals surface area contributed by atoms with Crippen LogP contribution >= 0.6 is 7.60 Å². The predicted octanol–water partition coefficient (Wildman–Crippen LogP) is 0.0299. The molecular weight excluding hydrogens is 369 g/mol. The van der Waals surface area contributed by atoms with Gasteiger partial charge in [0.2, 0.25) is 5.76 Å². The number of ether oxygens (including phenoxy) is 3. The number of fused-ring (bicyclic) bond motifs is 1. The molecule has 3 heterocycles. The molecule has 12 nitrogen and oxygen atoms in total. The number of anilines is 1. The third-order valence-electron chi connectivity index (χ3n) is 3.54. The van der Waals surface area contributed by atoms with Crippen LogP contribution in [-0.2, 0) is 23.6 Å². The van der Waals surface area contributed by atoms with Crippen molar-refractivity contribution >= 4 is 30.5 Å². The number of hydrogen-bond donors (Lipinski definition) is 3. The van der Waals surface area contributed by atoms with Crippen LogP contribution in [0.25, 0.3) is 11.2 Å². The van der Waals surface area contributed by atoms with Crippen molar-refractivity contribution in [2.75, 3.05) is 20.0 Å². The van der Waals surface area contributed by atoms with Crippen LogP contribution in [0.15, 0.2) is 36.0 Å². The van der Waals surface area contributed by atoms with Crippen molar-refractivity contribution in [3.8, 4) is 0 Å². The standard InChI is InChI=1S/C13H14N5O7P/c1-23-9-6(25-13(19)10(9)24-2)3-7(26(20,21)22)18-5-17-8-11(14)15-4-16-12(8)18/h3-5,7H,1-2H3,(H2,14,15,16)(H2,20,21,22)/b6-3-. The van der Waals surface area contributed by atoms with Gasteiger partial charge in [-0.3, -0.25) is 9.13 Å². The topological polar surface area (TPSA) is 172 Å². The molecule has 1 atom stereocenters. The lowest BCUT2D eigenvalue weighted by molar-refractivity contribution is -0.136. The summed E-state index contributed by atoms with van der Waals surface area (Å²) in [7, 11) is -2.29. The van der Waals surface area contributed by atoms with Crippen molar-refractivity contribution in [1.82, 2.24) is 19.5 Å². The zero-order chi connectivity index (χ0) is 19.1. The van der Waals surface area contributed by atoms with E-state index < -0.39 is 19.3 Å². The summed E-state index contributed by atoms with van der Waals surface area (Å²) in [6.45, 7) is 0. The van der Waals surface area contributed by atoms with Gasteiger partial charge in [-0.2, -0.15) is 0 Å². The van der Waals surface area contributed by atoms with Gasteiger partial charge in [-0.1, -0.05) is 0 Å². The molecule has 0 spiro atoms. The molecular formula is C13H14N5O7P. The number of allylic oxidation sites excluding steroid dienone is 1. The molecule has 1 aliphatic rings. The molecule has 0 amide bonds. The van der Waals surface area contributed by atoms with Crippen LogP contribution in [0.1, 0.15) is 5.78 Å². The number of hydrogen-bond acceptors (Lipinski definition) is 9. The highest BCUT2D eigenvalue weighted by Crippen LogP contribution is 2.51. The van der Waals surface area contributed by atoms with Gasteiger partial charge in [0.25, 0.3) is 5.76 Å². The SMILES string of the molecule is COC1=C(OC)/C(=C/C(n2cnc3c(N)ncnc32)P(=O)(O)O)OC1=O. The maximum atomic E-state index is 12.1. The molecule has 138 valence electrons. The van der Waals surface area contributed by atoms with Gasteiger partial charge < -0.3 is 29.7 Å². The molecule has 0 saturated carbocycles. The Kier molecular flexibility index (Phi) is 4.40. The molecule has 0 bridgehead atoms. The quantitative estimate of drug-likeness (QED) is 0.470. The van der Waals surface area contributed by atoms with Crippen LogP contribution in [0.3, 0.4) is 0 Å². The minimum Gasteiger partial charge on any atom is -0.490 e. The van der Waals surface area contributed by atoms with Gasteiger partial charge in [0.1, 0.15) is 11.8 Å². The molecule has 0 aliphatic carbocycles. The van der Waals surface area contributed by atoms with Crippen molar-refractivity contribution in [3.63, 3.8) is 0 Å². The van der Waals surface area contributed by atoms with E-state index in [0.29, 0.717) is 0 Å². The maximum Gasteiger partial charge on any atom is 0.383 e. The van der Waals surface area contributed by atoms with Crippen LogP contribution in [0.2, 0.25) is 0 Å². The normalized spacial score (nSPS) is 17.7. The second-order valence-corrected chi connectivity index (χ2v) is 6.78. The summed E-state index contributed by atoms with van der Waals surface area (Å²) in [6.07, 6.45) is 3.32. The maximum absolute atomic E-state index is 12.1. The van der Waals surface area contributed by atoms with E-state index in [1.165, 1.54) is 14.2 Å². The monoisotopic (exact) mass is 383 g/mol. The summed E-state index contributed by atoms with van der Waals surface area (Å²) in [5.41, 5.74) is 5.96. The minimum atomic E-state index is -4.79. The Balaban J connectivity index is 2.17. The van der Waals surface area contributed by atoms with E-state index in [9.17, 15) is 19.1 Å². The fourth-order valence-corrected chi connectivity index (χ4v) is 3.24. The summed E-state index contributed by atoms with van der Waals surface area (Å²) in [5, 5.41) is 0. The highest BCUT2D eigenvalue weighted by atomic mass is 31.2. The van der Waals surface area contributed by atoms with Gasteiger partial charge in [-0.05, 0) is 6.08 Å². The molecule has 3 rings (SSSR count). The number of carbonyl (C=O) groups excluding carboxylic acids is 1. The molecule has 1 aliphatic heterocycles. The lowest BCUT2D eigenvalue weighted by Crippen LogP contribution is -2.09. The van der Waals surface area contributed by atoms with Gasteiger partial charge in [0, 0.05) is 0 Å². The van der Waals surface area contributed by atoms with Crippen LogP contribution < -0.4 is 5.73 Å². The Morgan fingerprint density at radius 3 is 2.58 bits per heavy atom. The fraction of sp³-hybridized carbons (Fsp3) is 0.231. The van der Waals surface area contributed by atoms with Crippen molar-refractivity contribution in [2.45, 2.75) is 5.78 Å². The Labute approximate surface area is 146 Å². The average Bonchev–Trinajstić information content (AvgIpc) is 3.12. The largest absolute Gasteiger partial charge is 0.490 e. The molecule has 26 heavy (non-hydrogen) atoms. The van der Waals surface area contributed by atoms with Gasteiger partial charge in [0.05, 0.1) is 20.5 Å². The van der Waals surface area contributed by atoms with Crippen LogP contribution in [0, 0.1) is 0 Å². The number of carbonyl (C=O) groups is 1. The minimum absolute atomic E-state index is 0.0531. The molecule has 1 unspecified atom stereocenters. The Morgan fingerprint density at radius 1 is 1.27 bits per heavy atom. The van der Waals surface area contributed by atoms with Crippen LogP contribution in [0.5, 0.6) is 0 Å². The van der Waals surface area contributed by atoms with Gasteiger partial charge >= 0.3 is 13.6 Å². The number of aromatic nitrogens is 4. The van der Waals surface area contributed by atoms with Gasteiger partial charge in [-0.25, -0.2) is 19.7 Å². The van der Waals surface area contributed by atoms with E-state index in [0.717, 1.165) is 23.3 Å². The zero-order valence-electron chi connectivity index (χ0n) is 13.6. The molecule has 2 aromatic heterocycles. The number of esters is 1. The second-order valence-electron chi connectivity index (χ2n) is 5.07. The zero-order valence-corrected chi connectivity index (χ0v) is 14.5. The third-order valence-corrected chi connectivity index (χ3v) is 4.63. The van der Waals surface area contributed by atoms with Crippen molar-refractivity contribution in [2.24, 2.45) is 0 Å². The van der Waals surface area contributed by atoms with Gasteiger partial charge in [-0.15, -0.1) is 0 Å². The van der Waals surface area contributed by atoms with Gasteiger partial charge in [0.15, 0.2) is 23.0 Å². The Hall–Kier alpha value is -2.95. The van der Waals surface area contributed by atoms with E-state index in [2.05, 4.69) is 15.0 Å². The lowest BCUT2D eigenvalue weighted by atomic mass is 10.3. The van der Waals surface area contributed by atoms with E-state index in [4.69, 9.17) is 19.9 Å². The number of cyclic esters (lactones) is 1. The first-order chi connectivity index (χ1) is 12.3. The van der Waals surface area contributed by atoms with E-state index in [-0.39, 0.29) is 34.3 Å². The number of nitrogens with two attached hydrogens (primary N) is 1. The molecule has 13 heteroatoms. The Bertz CT molecular complexity index is 992. The lowest BCUT2D eigenvalue weighted by Gasteiger charge is -2.17. The molecule has 0 fully saturated rings. The number of nitrogen functional groups attached to an aromatic ring is 1. The molecule has 0 saturated heterocycles. The second kappa shape index (κ2) is 6.41. The summed E-state index contributed by atoms with van der Waals surface area (Å²) in [4.78, 5) is 43.1. The molecule has 4 N–H and O–H groups in total. The van der Waals surface area contributed by atoms with Crippen LogP contribution in [-0.4, -0.2) is 49.5 Å². The summed E-state index contributed by atoms with van der Waals surface area (Å²) in [6, 6.07) is 0. The summed E-state index contributed by atoms with van der Waals surface area (Å²) < 4.78 is 28.1. The van der Waals surface area contributed by atoms with E-state index in [1.54, 1.807) is 0 Å². The third kappa shape index (κ3) is 2.90. The smallest absolute Gasteiger partial charge is 0.383 e. The van der Waals surface area contributed by atoms with E-state index >= 15 is 0 Å². The average molecular weight is 383 g/mol. The van der Waals surface area contributed by atoms with Crippen LogP contribution in [0.4, 0.5) is 5.82 Å². The van der Waals surface area contributed by atoms with E-state index in [1.807, 2.05) is 0 Å². The summed E-state index contributed by atoms with van der Waals surface area (Å²) >= 11 is 0. The van der Waals surface area contributed by atoms with Crippen molar-refractivity contribution < 1.29 is 33.4 Å². The highest BCUT2D eigenvalue weighted by Gasteiger charge is 2.37. The summed E-state index contributed by atoms with van der Waals surface area (Å²) in [5.74, 6) is -2.89. The van der Waals surface area contributed by atoms with Crippen molar-refractivity contribution in [3.05, 3.63) is 36.0 Å². The fourth-order valence-electron chi connectivity index (χ4n) is 2.41. The highest BCUT2D eigenvalue weighted by molar-refractivity contribution is 7.52. The molecule has 2 aromatic rings. The predicted molar refractivity (Wildman–Crippen MR) is 86.0 cm³/mol. The number of imidazole rings is 1. The number of methoxy groups -OCH3 is 2. The number of nitrogens with zero attached hydrogens (tertiary/aromatic N) is 4.